The van der Waals surface area contributed by atoms with Crippen LogP contribution in [-0.4, -0.2) is 29.6 Å². The zero-order valence-electron chi connectivity index (χ0n) is 15.3. The molecule has 1 aliphatic rings. The first-order chi connectivity index (χ1) is 11.6. The zero-order valence-corrected chi connectivity index (χ0v) is 15.3. The molecule has 0 spiro atoms. The maximum Gasteiger partial charge on any atom is 0.138 e. The Morgan fingerprint density at radius 2 is 2.04 bits per heavy atom. The van der Waals surface area contributed by atoms with E-state index in [0.717, 1.165) is 43.0 Å². The van der Waals surface area contributed by atoms with Crippen molar-refractivity contribution >= 4 is 17.3 Å². The van der Waals surface area contributed by atoms with Crippen molar-refractivity contribution in [2.24, 2.45) is 5.92 Å². The minimum absolute atomic E-state index is 0.733. The van der Waals surface area contributed by atoms with Crippen LogP contribution in [0.4, 0.5) is 17.3 Å². The van der Waals surface area contributed by atoms with E-state index in [0.29, 0.717) is 0 Å². The maximum absolute atomic E-state index is 4.71. The summed E-state index contributed by atoms with van der Waals surface area (Å²) in [6.45, 7) is 11.7. The molecule has 128 valence electrons. The second kappa shape index (κ2) is 7.20. The first kappa shape index (κ1) is 16.7. The Hall–Kier alpha value is -2.10. The number of piperidine rings is 1. The van der Waals surface area contributed by atoms with Gasteiger partial charge in [0.05, 0.1) is 0 Å². The molecule has 0 bridgehead atoms. The molecular formula is C20H28N4. The molecule has 2 aromatic rings. The summed E-state index contributed by atoms with van der Waals surface area (Å²) >= 11 is 0. The van der Waals surface area contributed by atoms with E-state index in [1.807, 2.05) is 6.92 Å². The Morgan fingerprint density at radius 3 is 2.75 bits per heavy atom. The molecule has 1 fully saturated rings. The molecule has 1 saturated heterocycles. The SMILES string of the molecule is CCN(c1cccc(C)c1)c1cc(N2CCCC(C)C2)nc(C)n1. The molecule has 1 aromatic carbocycles. The fraction of sp³-hybridized carbons (Fsp3) is 0.500. The van der Waals surface area contributed by atoms with Crippen LogP contribution < -0.4 is 9.80 Å². The van der Waals surface area contributed by atoms with E-state index in [-0.39, 0.29) is 0 Å². The summed E-state index contributed by atoms with van der Waals surface area (Å²) in [7, 11) is 0. The van der Waals surface area contributed by atoms with Gasteiger partial charge in [0.15, 0.2) is 0 Å². The molecule has 1 aromatic heterocycles. The van der Waals surface area contributed by atoms with E-state index in [9.17, 15) is 0 Å². The van der Waals surface area contributed by atoms with Crippen molar-refractivity contribution in [3.63, 3.8) is 0 Å². The molecule has 4 nitrogen and oxygen atoms in total. The van der Waals surface area contributed by atoms with Crippen molar-refractivity contribution in [3.8, 4) is 0 Å². The first-order valence-corrected chi connectivity index (χ1v) is 9.01. The van der Waals surface area contributed by atoms with Gasteiger partial charge in [-0.25, -0.2) is 9.97 Å². The Kier molecular flexibility index (Phi) is 5.03. The highest BCUT2D eigenvalue weighted by atomic mass is 15.2. The highest BCUT2D eigenvalue weighted by Gasteiger charge is 2.20. The minimum atomic E-state index is 0.733. The molecule has 0 saturated carbocycles. The average molecular weight is 324 g/mol. The van der Waals surface area contributed by atoms with E-state index in [1.54, 1.807) is 0 Å². The third-order valence-electron chi connectivity index (χ3n) is 4.70. The molecule has 3 rings (SSSR count). The summed E-state index contributed by atoms with van der Waals surface area (Å²) in [5, 5.41) is 0. The van der Waals surface area contributed by atoms with Gasteiger partial charge in [-0.15, -0.1) is 0 Å². The predicted molar refractivity (Wildman–Crippen MR) is 101 cm³/mol. The second-order valence-electron chi connectivity index (χ2n) is 6.91. The largest absolute Gasteiger partial charge is 0.356 e. The molecule has 24 heavy (non-hydrogen) atoms. The fourth-order valence-electron chi connectivity index (χ4n) is 3.51. The van der Waals surface area contributed by atoms with Crippen LogP contribution in [0.25, 0.3) is 0 Å². The molecule has 2 heterocycles. The lowest BCUT2D eigenvalue weighted by molar-refractivity contribution is 0.444. The van der Waals surface area contributed by atoms with Crippen molar-refractivity contribution in [1.82, 2.24) is 9.97 Å². The van der Waals surface area contributed by atoms with Gasteiger partial charge in [-0.1, -0.05) is 19.1 Å². The van der Waals surface area contributed by atoms with E-state index >= 15 is 0 Å². The van der Waals surface area contributed by atoms with Crippen molar-refractivity contribution in [2.45, 2.75) is 40.5 Å². The summed E-state index contributed by atoms with van der Waals surface area (Å²) < 4.78 is 0. The topological polar surface area (TPSA) is 32.3 Å². The summed E-state index contributed by atoms with van der Waals surface area (Å²) in [6, 6.07) is 10.7. The van der Waals surface area contributed by atoms with Crippen LogP contribution in [0, 0.1) is 19.8 Å². The number of hydrogen-bond acceptors (Lipinski definition) is 4. The number of benzene rings is 1. The summed E-state index contributed by atoms with van der Waals surface area (Å²) in [5.41, 5.74) is 2.45. The third kappa shape index (κ3) is 3.69. The number of rotatable bonds is 4. The third-order valence-corrected chi connectivity index (χ3v) is 4.70. The second-order valence-corrected chi connectivity index (χ2v) is 6.91. The van der Waals surface area contributed by atoms with Crippen molar-refractivity contribution in [3.05, 3.63) is 41.7 Å². The Bertz CT molecular complexity index is 698. The molecule has 0 radical (unpaired) electrons. The van der Waals surface area contributed by atoms with Gasteiger partial charge in [-0.3, -0.25) is 0 Å². The molecule has 4 heteroatoms. The lowest BCUT2D eigenvalue weighted by atomic mass is 10.0. The van der Waals surface area contributed by atoms with E-state index in [4.69, 9.17) is 9.97 Å². The molecule has 1 atom stereocenters. The van der Waals surface area contributed by atoms with Crippen LogP contribution in [0.5, 0.6) is 0 Å². The average Bonchev–Trinajstić information content (AvgIpc) is 2.55. The Morgan fingerprint density at radius 1 is 1.21 bits per heavy atom. The van der Waals surface area contributed by atoms with Crippen LogP contribution in [0.2, 0.25) is 0 Å². The van der Waals surface area contributed by atoms with Gasteiger partial charge < -0.3 is 9.80 Å². The first-order valence-electron chi connectivity index (χ1n) is 9.01. The smallest absolute Gasteiger partial charge is 0.138 e. The highest BCUT2D eigenvalue weighted by Crippen LogP contribution is 2.28. The molecular weight excluding hydrogens is 296 g/mol. The van der Waals surface area contributed by atoms with Crippen LogP contribution >= 0.6 is 0 Å². The Labute approximate surface area is 145 Å². The van der Waals surface area contributed by atoms with Crippen molar-refractivity contribution < 1.29 is 0 Å². The van der Waals surface area contributed by atoms with Gasteiger partial charge >= 0.3 is 0 Å². The quantitative estimate of drug-likeness (QED) is 0.829. The van der Waals surface area contributed by atoms with E-state index in [1.165, 1.54) is 24.1 Å². The van der Waals surface area contributed by atoms with Crippen molar-refractivity contribution in [1.29, 1.82) is 0 Å². The summed E-state index contributed by atoms with van der Waals surface area (Å²) in [5.74, 6) is 3.63. The molecule has 1 aliphatic heterocycles. The zero-order chi connectivity index (χ0) is 17.1. The van der Waals surface area contributed by atoms with Gasteiger partial charge in [0.25, 0.3) is 0 Å². The Balaban J connectivity index is 1.94. The molecule has 1 unspecified atom stereocenters. The number of anilines is 3. The number of nitrogens with zero attached hydrogens (tertiary/aromatic N) is 4. The minimum Gasteiger partial charge on any atom is -0.356 e. The number of aromatic nitrogens is 2. The lowest BCUT2D eigenvalue weighted by Gasteiger charge is -2.32. The van der Waals surface area contributed by atoms with Crippen LogP contribution in [-0.2, 0) is 0 Å². The van der Waals surface area contributed by atoms with E-state index < -0.39 is 0 Å². The van der Waals surface area contributed by atoms with Crippen LogP contribution in [0.1, 0.15) is 38.1 Å². The summed E-state index contributed by atoms with van der Waals surface area (Å²) in [4.78, 5) is 14.1. The van der Waals surface area contributed by atoms with Crippen molar-refractivity contribution in [2.75, 3.05) is 29.4 Å². The standard InChI is InChI=1S/C20H28N4/c1-5-24(18-10-6-8-15(2)12-18)20-13-19(21-17(4)22-20)23-11-7-9-16(3)14-23/h6,8,10,12-13,16H,5,7,9,11,14H2,1-4H3. The molecule has 0 aliphatic carbocycles. The van der Waals surface area contributed by atoms with Gasteiger partial charge in [0, 0.05) is 31.4 Å². The van der Waals surface area contributed by atoms with Gasteiger partial charge in [0.2, 0.25) is 0 Å². The monoisotopic (exact) mass is 324 g/mol. The van der Waals surface area contributed by atoms with Gasteiger partial charge in [0.1, 0.15) is 17.5 Å². The van der Waals surface area contributed by atoms with E-state index in [2.05, 4.69) is 60.9 Å². The molecule has 0 amide bonds. The lowest BCUT2D eigenvalue weighted by Crippen LogP contribution is -2.35. The number of aryl methyl sites for hydroxylation is 2. The molecule has 0 N–H and O–H groups in total. The van der Waals surface area contributed by atoms with Crippen LogP contribution in [0.15, 0.2) is 30.3 Å². The summed E-state index contributed by atoms with van der Waals surface area (Å²) in [6.07, 6.45) is 2.56. The van der Waals surface area contributed by atoms with Gasteiger partial charge in [-0.2, -0.15) is 0 Å². The normalized spacial score (nSPS) is 17.8. The fourth-order valence-corrected chi connectivity index (χ4v) is 3.51. The maximum atomic E-state index is 4.71. The van der Waals surface area contributed by atoms with Crippen LogP contribution in [0.3, 0.4) is 0 Å². The predicted octanol–water partition coefficient (Wildman–Crippen LogP) is 4.49. The van der Waals surface area contributed by atoms with Gasteiger partial charge in [-0.05, 0) is 57.2 Å². The highest BCUT2D eigenvalue weighted by molar-refractivity contribution is 5.63. The number of hydrogen-bond donors (Lipinski definition) is 0.